The van der Waals surface area contributed by atoms with E-state index in [9.17, 15) is 31.4 Å². The summed E-state index contributed by atoms with van der Waals surface area (Å²) in [6.45, 7) is 7.19. The summed E-state index contributed by atoms with van der Waals surface area (Å²) in [5.41, 5.74) is 10.1. The maximum atomic E-state index is 13.2. The zero-order chi connectivity index (χ0) is 30.6. The predicted octanol–water partition coefficient (Wildman–Crippen LogP) is 7.13. The third-order valence-corrected chi connectivity index (χ3v) is 5.56. The molecule has 0 saturated heterocycles. The fraction of sp³-hybridized carbons (Fsp3) is 0.385. The highest BCUT2D eigenvalue weighted by Gasteiger charge is 2.37. The number of nitrogens with zero attached hydrogens (tertiary/aromatic N) is 2. The summed E-state index contributed by atoms with van der Waals surface area (Å²) in [6, 6.07) is 4.11. The molecule has 220 valence electrons. The molecule has 0 bridgehead atoms. The van der Waals surface area contributed by atoms with E-state index in [1.807, 2.05) is 13.8 Å². The van der Waals surface area contributed by atoms with Crippen LogP contribution in [0.15, 0.2) is 30.5 Å². The average molecular weight is 577 g/mol. The van der Waals surface area contributed by atoms with Gasteiger partial charge in [0.15, 0.2) is 11.6 Å². The van der Waals surface area contributed by atoms with Crippen molar-refractivity contribution in [3.05, 3.63) is 52.7 Å². The van der Waals surface area contributed by atoms with E-state index in [1.165, 1.54) is 32.5 Å². The highest BCUT2D eigenvalue weighted by molar-refractivity contribution is 5.54. The Labute approximate surface area is 226 Å². The van der Waals surface area contributed by atoms with Crippen molar-refractivity contribution in [3.63, 3.8) is 0 Å². The van der Waals surface area contributed by atoms with Crippen LogP contribution in [0.1, 0.15) is 61.8 Å². The van der Waals surface area contributed by atoms with E-state index >= 15 is 0 Å². The number of aromatic nitrogens is 2. The molecule has 0 radical (unpaired) electrons. The topological polar surface area (TPSA) is 126 Å². The van der Waals surface area contributed by atoms with Crippen molar-refractivity contribution in [2.24, 2.45) is 0 Å². The van der Waals surface area contributed by atoms with E-state index in [2.05, 4.69) is 14.7 Å². The van der Waals surface area contributed by atoms with E-state index in [4.69, 9.17) is 20.9 Å². The van der Waals surface area contributed by atoms with Gasteiger partial charge in [0.05, 0.1) is 20.4 Å². The molecule has 0 aliphatic rings. The molecule has 0 aliphatic heterocycles. The van der Waals surface area contributed by atoms with E-state index in [1.54, 1.807) is 13.8 Å². The standard InChI is InChI=1S/C15H17F3N4O2.C11H13F3O2/c1-7(2)8-4-11(23-3)9(15(16,17)18)5-10(8)24-12-6-21-14(20)22-13(12)19;1-6(2)7-4-10(16-3)8(5-9(7)15)11(12,13)14/h4-7H,1-3H3,(H4,19,20,21,22);4-6,15H,1-3H3. The number of alkyl halides is 6. The van der Waals surface area contributed by atoms with Crippen molar-refractivity contribution in [2.75, 3.05) is 25.7 Å². The smallest absolute Gasteiger partial charge is 0.420 e. The number of phenolic OH excluding ortho intramolecular Hbond substituents is 1. The number of anilines is 2. The van der Waals surface area contributed by atoms with Crippen molar-refractivity contribution in [1.29, 1.82) is 0 Å². The number of aromatic hydroxyl groups is 1. The molecule has 1 heterocycles. The number of methoxy groups -OCH3 is 2. The molecule has 0 spiro atoms. The van der Waals surface area contributed by atoms with Gasteiger partial charge in [-0.25, -0.2) is 4.98 Å². The van der Waals surface area contributed by atoms with Gasteiger partial charge in [-0.3, -0.25) is 0 Å². The van der Waals surface area contributed by atoms with Crippen LogP contribution < -0.4 is 25.7 Å². The molecular formula is C26H30F6N4O4. The second kappa shape index (κ2) is 12.4. The maximum absolute atomic E-state index is 13.2. The molecule has 3 aromatic rings. The maximum Gasteiger partial charge on any atom is 0.420 e. The number of halogens is 6. The summed E-state index contributed by atoms with van der Waals surface area (Å²) >= 11 is 0. The third-order valence-electron chi connectivity index (χ3n) is 5.56. The van der Waals surface area contributed by atoms with Crippen LogP contribution in [0.4, 0.5) is 38.1 Å². The highest BCUT2D eigenvalue weighted by Crippen LogP contribution is 2.44. The van der Waals surface area contributed by atoms with Crippen molar-refractivity contribution in [3.8, 4) is 28.7 Å². The fourth-order valence-electron chi connectivity index (χ4n) is 3.54. The lowest BCUT2D eigenvalue weighted by Crippen LogP contribution is -2.10. The zero-order valence-corrected chi connectivity index (χ0v) is 22.5. The quantitative estimate of drug-likeness (QED) is 0.265. The van der Waals surface area contributed by atoms with Gasteiger partial charge in [-0.2, -0.15) is 31.3 Å². The summed E-state index contributed by atoms with van der Waals surface area (Å²) in [5.74, 6) is -1.21. The Bertz CT molecular complexity index is 1330. The Kier molecular flexibility index (Phi) is 9.95. The summed E-state index contributed by atoms with van der Waals surface area (Å²) in [7, 11) is 2.35. The molecule has 14 heteroatoms. The van der Waals surface area contributed by atoms with E-state index in [0.29, 0.717) is 17.2 Å². The molecule has 2 aromatic carbocycles. The number of nitrogen functional groups attached to an aromatic ring is 2. The van der Waals surface area contributed by atoms with Crippen LogP contribution in [-0.2, 0) is 12.4 Å². The van der Waals surface area contributed by atoms with Crippen molar-refractivity contribution in [1.82, 2.24) is 9.97 Å². The van der Waals surface area contributed by atoms with Gasteiger partial charge in [-0.1, -0.05) is 27.7 Å². The lowest BCUT2D eigenvalue weighted by atomic mass is 9.99. The van der Waals surface area contributed by atoms with Crippen molar-refractivity contribution in [2.45, 2.75) is 51.9 Å². The number of benzene rings is 2. The van der Waals surface area contributed by atoms with E-state index in [-0.39, 0.29) is 52.3 Å². The highest BCUT2D eigenvalue weighted by atomic mass is 19.4. The molecule has 0 aliphatic carbocycles. The van der Waals surface area contributed by atoms with Crippen LogP contribution in [0.25, 0.3) is 0 Å². The van der Waals surface area contributed by atoms with Crippen molar-refractivity contribution >= 4 is 11.8 Å². The molecule has 0 unspecified atom stereocenters. The number of nitrogens with two attached hydrogens (primary N) is 2. The summed E-state index contributed by atoms with van der Waals surface area (Å²) in [5, 5.41) is 9.49. The van der Waals surface area contributed by atoms with Crippen molar-refractivity contribution < 1.29 is 45.7 Å². The minimum atomic E-state index is -4.60. The van der Waals surface area contributed by atoms with Crippen LogP contribution >= 0.6 is 0 Å². The molecule has 0 amide bonds. The van der Waals surface area contributed by atoms with Crippen LogP contribution in [-0.4, -0.2) is 29.3 Å². The van der Waals surface area contributed by atoms with Crippen LogP contribution in [0.2, 0.25) is 0 Å². The number of phenols is 1. The van der Waals surface area contributed by atoms with Gasteiger partial charge >= 0.3 is 12.4 Å². The molecule has 8 nitrogen and oxygen atoms in total. The lowest BCUT2D eigenvalue weighted by Gasteiger charge is -2.19. The molecule has 0 saturated carbocycles. The largest absolute Gasteiger partial charge is 0.508 e. The molecule has 1 aromatic heterocycles. The van der Waals surface area contributed by atoms with Crippen LogP contribution in [0, 0.1) is 0 Å². The summed E-state index contributed by atoms with van der Waals surface area (Å²) in [4.78, 5) is 7.45. The normalized spacial score (nSPS) is 11.8. The number of hydrogen-bond donors (Lipinski definition) is 3. The Hall–Kier alpha value is -4.10. The zero-order valence-electron chi connectivity index (χ0n) is 22.5. The van der Waals surface area contributed by atoms with Crippen LogP contribution in [0.3, 0.4) is 0 Å². The first-order valence-electron chi connectivity index (χ1n) is 11.7. The number of rotatable bonds is 6. The van der Waals surface area contributed by atoms with Gasteiger partial charge in [0.2, 0.25) is 5.95 Å². The first-order chi connectivity index (χ1) is 18.4. The SMILES string of the molecule is COc1cc(C(C)C)c(O)cc1C(F)(F)F.COc1cc(C(C)C)c(Oc2cnc(N)nc2N)cc1C(F)(F)F. The first-order valence-corrected chi connectivity index (χ1v) is 11.7. The Morgan fingerprint density at radius 1 is 0.725 bits per heavy atom. The number of hydrogen-bond acceptors (Lipinski definition) is 8. The molecular weight excluding hydrogens is 546 g/mol. The summed E-state index contributed by atoms with van der Waals surface area (Å²) in [6.07, 6.45) is -7.92. The molecule has 40 heavy (non-hydrogen) atoms. The lowest BCUT2D eigenvalue weighted by molar-refractivity contribution is -0.139. The van der Waals surface area contributed by atoms with Gasteiger partial charge in [-0.15, -0.1) is 0 Å². The Balaban J connectivity index is 0.000000305. The molecule has 3 rings (SSSR count). The second-order valence-electron chi connectivity index (χ2n) is 9.09. The molecule has 5 N–H and O–H groups in total. The Morgan fingerprint density at radius 2 is 1.20 bits per heavy atom. The van der Waals surface area contributed by atoms with Gasteiger partial charge in [0, 0.05) is 11.1 Å². The monoisotopic (exact) mass is 576 g/mol. The summed E-state index contributed by atoms with van der Waals surface area (Å²) < 4.78 is 92.4. The van der Waals surface area contributed by atoms with E-state index < -0.39 is 23.5 Å². The second-order valence-corrected chi connectivity index (χ2v) is 9.09. The van der Waals surface area contributed by atoms with Gasteiger partial charge < -0.3 is 30.8 Å². The predicted molar refractivity (Wildman–Crippen MR) is 137 cm³/mol. The van der Waals surface area contributed by atoms with E-state index in [0.717, 1.165) is 6.07 Å². The Morgan fingerprint density at radius 3 is 1.62 bits per heavy atom. The third kappa shape index (κ3) is 7.73. The van der Waals surface area contributed by atoms with Crippen LogP contribution in [0.5, 0.6) is 28.7 Å². The average Bonchev–Trinajstić information content (AvgIpc) is 2.84. The minimum absolute atomic E-state index is 0.00167. The van der Waals surface area contributed by atoms with Gasteiger partial charge in [0.1, 0.15) is 34.1 Å². The molecule has 0 fully saturated rings. The van der Waals surface area contributed by atoms with Gasteiger partial charge in [-0.05, 0) is 36.1 Å². The minimum Gasteiger partial charge on any atom is -0.508 e. The fourth-order valence-corrected chi connectivity index (χ4v) is 3.54. The number of ether oxygens (including phenoxy) is 3. The molecule has 0 atom stereocenters. The first kappa shape index (κ1) is 32.1. The van der Waals surface area contributed by atoms with Gasteiger partial charge in [0.25, 0.3) is 0 Å².